The number of carbonyl (C=O) groups is 4. The van der Waals surface area contributed by atoms with E-state index in [9.17, 15) is 39.6 Å². The van der Waals surface area contributed by atoms with E-state index in [4.69, 9.17) is 9.97 Å². The smallest absolute Gasteiger partial charge is 0.303 e. The average molecular weight is 713 g/mol. The van der Waals surface area contributed by atoms with Crippen LogP contribution in [0.15, 0.2) is 24.3 Å². The topological polar surface area (TPSA) is 207 Å². The molecule has 3 aromatic rings. The van der Waals surface area contributed by atoms with Crippen molar-refractivity contribution in [3.63, 3.8) is 0 Å². The zero-order chi connectivity index (χ0) is 37.0. The van der Waals surface area contributed by atoms with Crippen LogP contribution in [0.5, 0.6) is 0 Å². The fraction of sp³-hybridized carbons (Fsp3) is 0.450. The van der Waals surface area contributed by atoms with Crippen molar-refractivity contribution in [2.45, 2.75) is 116 Å². The Morgan fingerprint density at radius 1 is 0.462 bits per heavy atom. The molecule has 0 fully saturated rings. The maximum atomic E-state index is 11.3. The lowest BCUT2D eigenvalue weighted by Crippen LogP contribution is -1.98. The van der Waals surface area contributed by atoms with Crippen LogP contribution in [-0.2, 0) is 57.7 Å². The number of rotatable bonds is 20. The first-order chi connectivity index (χ1) is 25.1. The minimum absolute atomic E-state index is 0.0812. The van der Waals surface area contributed by atoms with Crippen LogP contribution in [0.2, 0.25) is 0 Å². The normalized spacial score (nSPS) is 12.3. The van der Waals surface area contributed by atoms with E-state index in [2.05, 4.69) is 9.97 Å². The van der Waals surface area contributed by atoms with Crippen LogP contribution in [-0.4, -0.2) is 64.2 Å². The molecule has 0 aliphatic carbocycles. The highest BCUT2D eigenvalue weighted by Crippen LogP contribution is 2.29. The SMILES string of the molecule is O=C(O)CCCCc1c2nc(c(CCCCC(=O)O)c3ccc([nH]3)c(CCCCC(=O)O)c3nc(c(CCCCC(=O)O)c4ccc1[nH]4)CC3)C=C2. The molecule has 0 radical (unpaired) electrons. The maximum absolute atomic E-state index is 11.3. The van der Waals surface area contributed by atoms with Gasteiger partial charge in [-0.3, -0.25) is 24.2 Å². The summed E-state index contributed by atoms with van der Waals surface area (Å²) in [6, 6.07) is 8.13. The summed E-state index contributed by atoms with van der Waals surface area (Å²) in [6.07, 6.45) is 13.1. The Labute approximate surface area is 302 Å². The number of hydrogen-bond acceptors (Lipinski definition) is 6. The van der Waals surface area contributed by atoms with E-state index in [-0.39, 0.29) is 25.7 Å². The zero-order valence-electron chi connectivity index (χ0n) is 29.5. The van der Waals surface area contributed by atoms with E-state index < -0.39 is 23.9 Å². The van der Waals surface area contributed by atoms with Gasteiger partial charge in [-0.05, 0) is 137 Å². The molecule has 2 aliphatic heterocycles. The van der Waals surface area contributed by atoms with Crippen molar-refractivity contribution in [2.75, 3.05) is 0 Å². The lowest BCUT2D eigenvalue weighted by molar-refractivity contribution is -0.138. The van der Waals surface area contributed by atoms with Crippen LogP contribution in [0.1, 0.15) is 122 Å². The number of aliphatic carboxylic acids is 4. The van der Waals surface area contributed by atoms with Crippen LogP contribution >= 0.6 is 0 Å². The van der Waals surface area contributed by atoms with Crippen molar-refractivity contribution in [1.29, 1.82) is 0 Å². The Balaban J connectivity index is 1.73. The first-order valence-corrected chi connectivity index (χ1v) is 18.4. The molecule has 6 N–H and O–H groups in total. The summed E-state index contributed by atoms with van der Waals surface area (Å²) >= 11 is 0. The molecule has 0 amide bonds. The van der Waals surface area contributed by atoms with Crippen LogP contribution in [0.3, 0.4) is 0 Å². The minimum atomic E-state index is -0.831. The first-order valence-electron chi connectivity index (χ1n) is 18.4. The van der Waals surface area contributed by atoms with Gasteiger partial charge in [-0.2, -0.15) is 0 Å². The molecule has 12 nitrogen and oxygen atoms in total. The highest BCUT2D eigenvalue weighted by molar-refractivity contribution is 5.80. The Bertz CT molecular complexity index is 1850. The average Bonchev–Trinajstić information content (AvgIpc) is 3.92. The number of unbranched alkanes of at least 4 members (excludes halogenated alkanes) is 4. The van der Waals surface area contributed by atoms with Gasteiger partial charge in [0.2, 0.25) is 0 Å². The van der Waals surface area contributed by atoms with E-state index in [1.165, 1.54) is 0 Å². The van der Waals surface area contributed by atoms with Crippen molar-refractivity contribution in [1.82, 2.24) is 19.9 Å². The molecular weight excluding hydrogens is 664 g/mol. The fourth-order valence-corrected chi connectivity index (χ4v) is 7.12. The molecule has 0 atom stereocenters. The van der Waals surface area contributed by atoms with Gasteiger partial charge >= 0.3 is 23.9 Å². The Kier molecular flexibility index (Phi) is 13.4. The number of fused-ring (bicyclic) bond motifs is 8. The number of aromatic nitrogens is 4. The minimum Gasteiger partial charge on any atom is -0.481 e. The maximum Gasteiger partial charge on any atom is 0.303 e. The van der Waals surface area contributed by atoms with Gasteiger partial charge in [-0.1, -0.05) is 0 Å². The van der Waals surface area contributed by atoms with Crippen LogP contribution in [0.25, 0.3) is 34.2 Å². The van der Waals surface area contributed by atoms with Gasteiger partial charge < -0.3 is 30.4 Å². The molecule has 52 heavy (non-hydrogen) atoms. The number of H-pyrrole nitrogens is 2. The van der Waals surface area contributed by atoms with E-state index >= 15 is 0 Å². The predicted molar refractivity (Wildman–Crippen MR) is 198 cm³/mol. The monoisotopic (exact) mass is 712 g/mol. The number of nitrogens with zero attached hydrogens (tertiary/aromatic N) is 2. The number of carboxylic acid groups (broad SMARTS) is 4. The van der Waals surface area contributed by atoms with Crippen molar-refractivity contribution >= 4 is 58.1 Å². The molecule has 276 valence electrons. The molecule has 2 aliphatic rings. The second-order valence-electron chi connectivity index (χ2n) is 13.6. The molecule has 0 spiro atoms. The molecule has 3 aromatic heterocycles. The lowest BCUT2D eigenvalue weighted by atomic mass is 10.0. The van der Waals surface area contributed by atoms with Crippen LogP contribution in [0, 0.1) is 0 Å². The lowest BCUT2D eigenvalue weighted by Gasteiger charge is -2.06. The van der Waals surface area contributed by atoms with Gasteiger partial charge in [0, 0.05) is 70.3 Å². The molecule has 8 bridgehead atoms. The van der Waals surface area contributed by atoms with Crippen LogP contribution < -0.4 is 0 Å². The Morgan fingerprint density at radius 2 is 0.769 bits per heavy atom. The summed E-state index contributed by atoms with van der Waals surface area (Å²) in [5.41, 5.74) is 11.0. The fourth-order valence-electron chi connectivity index (χ4n) is 7.12. The molecule has 0 aromatic carbocycles. The summed E-state index contributed by atoms with van der Waals surface area (Å²) in [5, 5.41) is 37.0. The summed E-state index contributed by atoms with van der Waals surface area (Å²) in [5.74, 6) is -3.31. The highest BCUT2D eigenvalue weighted by Gasteiger charge is 2.19. The van der Waals surface area contributed by atoms with E-state index in [1.54, 1.807) is 0 Å². The van der Waals surface area contributed by atoms with Crippen molar-refractivity contribution in [3.05, 3.63) is 69.3 Å². The number of aromatic amines is 2. The third-order valence-electron chi connectivity index (χ3n) is 9.77. The second-order valence-corrected chi connectivity index (χ2v) is 13.6. The molecule has 12 heteroatoms. The molecule has 0 unspecified atom stereocenters. The molecule has 0 saturated heterocycles. The van der Waals surface area contributed by atoms with Gasteiger partial charge in [0.05, 0.1) is 11.4 Å². The molecule has 5 heterocycles. The van der Waals surface area contributed by atoms with E-state index in [0.717, 1.165) is 67.1 Å². The number of carboxylic acids is 4. The van der Waals surface area contributed by atoms with E-state index in [1.807, 2.05) is 36.4 Å². The van der Waals surface area contributed by atoms with Crippen molar-refractivity contribution in [2.24, 2.45) is 0 Å². The number of nitrogens with one attached hydrogen (secondary N) is 2. The highest BCUT2D eigenvalue weighted by atomic mass is 16.4. The molecule has 0 saturated carbocycles. The molecule has 5 rings (SSSR count). The molecular formula is C40H48N4O8. The van der Waals surface area contributed by atoms with Gasteiger partial charge in [0.15, 0.2) is 0 Å². The largest absolute Gasteiger partial charge is 0.481 e. The van der Waals surface area contributed by atoms with Gasteiger partial charge in [0.25, 0.3) is 0 Å². The van der Waals surface area contributed by atoms with Crippen molar-refractivity contribution in [3.8, 4) is 0 Å². The van der Waals surface area contributed by atoms with Crippen molar-refractivity contribution < 1.29 is 39.6 Å². The zero-order valence-corrected chi connectivity index (χ0v) is 29.5. The summed E-state index contributed by atoms with van der Waals surface area (Å²) in [4.78, 5) is 62.7. The Morgan fingerprint density at radius 3 is 1.10 bits per heavy atom. The summed E-state index contributed by atoms with van der Waals surface area (Å²) in [6.45, 7) is 0. The summed E-state index contributed by atoms with van der Waals surface area (Å²) < 4.78 is 0. The third kappa shape index (κ3) is 10.4. The predicted octanol–water partition coefficient (Wildman–Crippen LogP) is 7.46. The van der Waals surface area contributed by atoms with Gasteiger partial charge in [0.1, 0.15) is 0 Å². The van der Waals surface area contributed by atoms with Crippen LogP contribution in [0.4, 0.5) is 0 Å². The number of hydrogen-bond donors (Lipinski definition) is 6. The standard InChI is InChI=1S/C40H48N4O8/c45-37(46)13-5-1-9-25-29-17-19-31(41-29)26(10-2-6-14-38(47)48)33-21-23-35(43-33)28(12-4-8-16-40(51)52)36-24-22-34(44-36)27(11-3-7-15-39(49)50)32-20-18-30(25)42-32/h17-21,23,42-43H,1-16,22,24H2,(H,45,46)(H,47,48)(H,49,50)(H,51,52). The van der Waals surface area contributed by atoms with Gasteiger partial charge in [-0.25, -0.2) is 4.98 Å². The quantitative estimate of drug-likeness (QED) is 0.0499. The summed E-state index contributed by atoms with van der Waals surface area (Å²) in [7, 11) is 0. The Hall–Kier alpha value is -5.26. The number of aryl methyl sites for hydroxylation is 6. The second kappa shape index (κ2) is 18.3. The van der Waals surface area contributed by atoms with E-state index in [0.29, 0.717) is 89.9 Å². The van der Waals surface area contributed by atoms with Gasteiger partial charge in [-0.15, -0.1) is 0 Å². The first kappa shape index (κ1) is 38.0. The third-order valence-corrected chi connectivity index (χ3v) is 9.77.